The zero-order chi connectivity index (χ0) is 13.0. The fourth-order valence-corrected chi connectivity index (χ4v) is 2.76. The third kappa shape index (κ3) is 5.13. The first-order valence-corrected chi connectivity index (χ1v) is 7.17. The highest BCUT2D eigenvalue weighted by Gasteiger charge is 2.20. The van der Waals surface area contributed by atoms with Crippen molar-refractivity contribution in [2.75, 3.05) is 19.6 Å². The van der Waals surface area contributed by atoms with Gasteiger partial charge in [-0.2, -0.15) is 0 Å². The Balaban J connectivity index is 0.00000180. The molecule has 1 aromatic carbocycles. The second kappa shape index (κ2) is 7.88. The lowest BCUT2D eigenvalue weighted by Gasteiger charge is -2.16. The third-order valence-electron chi connectivity index (χ3n) is 3.78. The van der Waals surface area contributed by atoms with Gasteiger partial charge in [0, 0.05) is 13.1 Å². The molecule has 1 unspecified atom stereocenters. The van der Waals surface area contributed by atoms with Crippen LogP contribution >= 0.6 is 12.4 Å². The Morgan fingerprint density at radius 1 is 1.21 bits per heavy atom. The number of halogens is 1. The molecule has 0 aliphatic carbocycles. The van der Waals surface area contributed by atoms with Crippen molar-refractivity contribution in [1.82, 2.24) is 4.90 Å². The molecule has 2 rings (SSSR count). The fraction of sp³-hybridized carbons (Fsp3) is 0.625. The minimum absolute atomic E-state index is 0. The van der Waals surface area contributed by atoms with Gasteiger partial charge in [-0.15, -0.1) is 12.4 Å². The quantitative estimate of drug-likeness (QED) is 0.899. The van der Waals surface area contributed by atoms with E-state index in [2.05, 4.69) is 43.0 Å². The molecule has 1 fully saturated rings. The highest BCUT2D eigenvalue weighted by molar-refractivity contribution is 5.85. The van der Waals surface area contributed by atoms with Gasteiger partial charge in [0.25, 0.3) is 0 Å². The standard InChI is InChI=1S/C16H26N2.ClH/c1-13(2)9-14-3-5-15(6-4-14)11-18-8-7-16(10-17)12-18;/h3-6,13,16H,7-12,17H2,1-2H3;1H. The van der Waals surface area contributed by atoms with Crippen LogP contribution in [-0.4, -0.2) is 24.5 Å². The summed E-state index contributed by atoms with van der Waals surface area (Å²) in [5.74, 6) is 1.45. The largest absolute Gasteiger partial charge is 0.330 e. The molecule has 0 spiro atoms. The zero-order valence-electron chi connectivity index (χ0n) is 12.1. The number of hydrogen-bond acceptors (Lipinski definition) is 2. The second-order valence-corrected chi connectivity index (χ2v) is 6.04. The Morgan fingerprint density at radius 3 is 2.37 bits per heavy atom. The van der Waals surface area contributed by atoms with Crippen molar-refractivity contribution in [3.05, 3.63) is 35.4 Å². The van der Waals surface area contributed by atoms with E-state index < -0.39 is 0 Å². The van der Waals surface area contributed by atoms with Gasteiger partial charge < -0.3 is 5.73 Å². The molecular weight excluding hydrogens is 256 g/mol. The lowest BCUT2D eigenvalue weighted by atomic mass is 10.0. The Labute approximate surface area is 123 Å². The molecule has 1 heterocycles. The van der Waals surface area contributed by atoms with Gasteiger partial charge in [0.05, 0.1) is 0 Å². The average Bonchev–Trinajstić information content (AvgIpc) is 2.79. The fourth-order valence-electron chi connectivity index (χ4n) is 2.76. The predicted molar refractivity (Wildman–Crippen MR) is 84.7 cm³/mol. The molecule has 0 bridgehead atoms. The molecular formula is C16H27ClN2. The van der Waals surface area contributed by atoms with Crippen LogP contribution in [0.1, 0.15) is 31.4 Å². The van der Waals surface area contributed by atoms with Crippen LogP contribution in [0.4, 0.5) is 0 Å². The Bertz CT molecular complexity index is 362. The van der Waals surface area contributed by atoms with E-state index in [1.54, 1.807) is 0 Å². The number of rotatable bonds is 5. The highest BCUT2D eigenvalue weighted by Crippen LogP contribution is 2.18. The maximum Gasteiger partial charge on any atom is 0.0233 e. The summed E-state index contributed by atoms with van der Waals surface area (Å²) in [7, 11) is 0. The molecule has 1 atom stereocenters. The van der Waals surface area contributed by atoms with E-state index in [-0.39, 0.29) is 12.4 Å². The molecule has 19 heavy (non-hydrogen) atoms. The summed E-state index contributed by atoms with van der Waals surface area (Å²) in [5.41, 5.74) is 8.61. The zero-order valence-corrected chi connectivity index (χ0v) is 13.0. The molecule has 1 aromatic rings. The number of likely N-dealkylation sites (tertiary alicyclic amines) is 1. The lowest BCUT2D eigenvalue weighted by molar-refractivity contribution is 0.318. The van der Waals surface area contributed by atoms with Crippen LogP contribution in [0, 0.1) is 11.8 Å². The van der Waals surface area contributed by atoms with Crippen molar-refractivity contribution in [3.63, 3.8) is 0 Å². The van der Waals surface area contributed by atoms with Gasteiger partial charge in [-0.05, 0) is 48.9 Å². The van der Waals surface area contributed by atoms with Crippen LogP contribution in [0.15, 0.2) is 24.3 Å². The second-order valence-electron chi connectivity index (χ2n) is 6.04. The molecule has 108 valence electrons. The maximum atomic E-state index is 5.73. The van der Waals surface area contributed by atoms with Crippen molar-refractivity contribution in [2.45, 2.75) is 33.2 Å². The van der Waals surface area contributed by atoms with Crippen LogP contribution in [0.3, 0.4) is 0 Å². The van der Waals surface area contributed by atoms with Crippen LogP contribution < -0.4 is 5.73 Å². The topological polar surface area (TPSA) is 29.3 Å². The third-order valence-corrected chi connectivity index (χ3v) is 3.78. The molecule has 2 nitrogen and oxygen atoms in total. The van der Waals surface area contributed by atoms with Gasteiger partial charge in [-0.1, -0.05) is 38.1 Å². The lowest BCUT2D eigenvalue weighted by Crippen LogP contribution is -2.22. The molecule has 0 radical (unpaired) electrons. The first kappa shape index (κ1) is 16.5. The van der Waals surface area contributed by atoms with Gasteiger partial charge in [0.2, 0.25) is 0 Å². The molecule has 0 amide bonds. The molecule has 1 aliphatic rings. The molecule has 0 aromatic heterocycles. The van der Waals surface area contributed by atoms with Gasteiger partial charge in [0.15, 0.2) is 0 Å². The summed E-state index contributed by atoms with van der Waals surface area (Å²) < 4.78 is 0. The van der Waals surface area contributed by atoms with E-state index in [0.29, 0.717) is 5.92 Å². The van der Waals surface area contributed by atoms with Crippen molar-refractivity contribution in [1.29, 1.82) is 0 Å². The Kier molecular flexibility index (Phi) is 6.84. The first-order valence-electron chi connectivity index (χ1n) is 7.17. The molecule has 0 saturated carbocycles. The number of benzene rings is 1. The average molecular weight is 283 g/mol. The van der Waals surface area contributed by atoms with Crippen molar-refractivity contribution in [2.24, 2.45) is 17.6 Å². The summed E-state index contributed by atoms with van der Waals surface area (Å²) in [6.07, 6.45) is 2.45. The minimum atomic E-state index is 0. The van der Waals surface area contributed by atoms with Gasteiger partial charge in [0.1, 0.15) is 0 Å². The number of nitrogens with two attached hydrogens (primary N) is 1. The molecule has 1 saturated heterocycles. The van der Waals surface area contributed by atoms with Crippen LogP contribution in [-0.2, 0) is 13.0 Å². The molecule has 3 heteroatoms. The van der Waals surface area contributed by atoms with E-state index in [1.165, 1.54) is 37.1 Å². The molecule has 2 N–H and O–H groups in total. The SMILES string of the molecule is CC(C)Cc1ccc(CN2CCC(CN)C2)cc1.Cl. The van der Waals surface area contributed by atoms with E-state index in [0.717, 1.165) is 19.0 Å². The first-order chi connectivity index (χ1) is 8.67. The monoisotopic (exact) mass is 282 g/mol. The van der Waals surface area contributed by atoms with Gasteiger partial charge in [-0.25, -0.2) is 0 Å². The van der Waals surface area contributed by atoms with E-state index >= 15 is 0 Å². The number of nitrogens with zero attached hydrogens (tertiary/aromatic N) is 1. The van der Waals surface area contributed by atoms with Crippen LogP contribution in [0.2, 0.25) is 0 Å². The minimum Gasteiger partial charge on any atom is -0.330 e. The van der Waals surface area contributed by atoms with Crippen molar-refractivity contribution in [3.8, 4) is 0 Å². The van der Waals surface area contributed by atoms with Crippen molar-refractivity contribution < 1.29 is 0 Å². The number of hydrogen-bond donors (Lipinski definition) is 1. The summed E-state index contributed by atoms with van der Waals surface area (Å²) in [6.45, 7) is 8.83. The summed E-state index contributed by atoms with van der Waals surface area (Å²) in [5, 5.41) is 0. The smallest absolute Gasteiger partial charge is 0.0233 e. The van der Waals surface area contributed by atoms with Gasteiger partial charge >= 0.3 is 0 Å². The van der Waals surface area contributed by atoms with E-state index in [9.17, 15) is 0 Å². The Hall–Kier alpha value is -0.570. The van der Waals surface area contributed by atoms with Crippen LogP contribution in [0.25, 0.3) is 0 Å². The Morgan fingerprint density at radius 2 is 1.84 bits per heavy atom. The van der Waals surface area contributed by atoms with Gasteiger partial charge in [-0.3, -0.25) is 4.90 Å². The predicted octanol–water partition coefficient (Wildman–Crippen LogP) is 3.09. The summed E-state index contributed by atoms with van der Waals surface area (Å²) >= 11 is 0. The summed E-state index contributed by atoms with van der Waals surface area (Å²) in [4.78, 5) is 2.52. The maximum absolute atomic E-state index is 5.73. The molecule has 1 aliphatic heterocycles. The normalized spacial score (nSPS) is 19.7. The van der Waals surface area contributed by atoms with Crippen LogP contribution in [0.5, 0.6) is 0 Å². The van der Waals surface area contributed by atoms with Crippen molar-refractivity contribution >= 4 is 12.4 Å². The van der Waals surface area contributed by atoms with E-state index in [1.807, 2.05) is 0 Å². The highest BCUT2D eigenvalue weighted by atomic mass is 35.5. The van der Waals surface area contributed by atoms with E-state index in [4.69, 9.17) is 5.73 Å². The summed E-state index contributed by atoms with van der Waals surface area (Å²) in [6, 6.07) is 9.14.